The highest BCUT2D eigenvalue weighted by molar-refractivity contribution is 5.96. The molecule has 1 fully saturated rings. The smallest absolute Gasteiger partial charge is 0.270 e. The molecule has 3 N–H and O–H groups in total. The van der Waals surface area contributed by atoms with E-state index < -0.39 is 6.04 Å². The van der Waals surface area contributed by atoms with Gasteiger partial charge < -0.3 is 16.0 Å². The standard InChI is InChI=1S/C14H20N4O2/c1-3-15-12-6-4-5-11(18-12)14(20)16-9(2)13(19)17-10-7-8-10/h4-6,9-10H,3,7-8H2,1-2H3,(H,15,18)(H,16,20)(H,17,19). The van der Waals surface area contributed by atoms with E-state index in [4.69, 9.17) is 0 Å². The Labute approximate surface area is 118 Å². The Balaban J connectivity index is 1.92. The number of nitrogens with zero attached hydrogens (tertiary/aromatic N) is 1. The van der Waals surface area contributed by atoms with Crippen molar-refractivity contribution in [2.45, 2.75) is 38.8 Å². The molecule has 1 aliphatic rings. The molecule has 2 amide bonds. The van der Waals surface area contributed by atoms with Gasteiger partial charge in [-0.15, -0.1) is 0 Å². The average molecular weight is 276 g/mol. The van der Waals surface area contributed by atoms with Crippen LogP contribution in [0.15, 0.2) is 18.2 Å². The van der Waals surface area contributed by atoms with E-state index in [1.165, 1.54) is 0 Å². The highest BCUT2D eigenvalue weighted by Crippen LogP contribution is 2.18. The molecular weight excluding hydrogens is 256 g/mol. The van der Waals surface area contributed by atoms with Crippen molar-refractivity contribution in [2.75, 3.05) is 11.9 Å². The molecule has 0 spiro atoms. The normalized spacial score (nSPS) is 15.3. The van der Waals surface area contributed by atoms with Gasteiger partial charge in [-0.2, -0.15) is 0 Å². The van der Waals surface area contributed by atoms with Crippen molar-refractivity contribution in [1.82, 2.24) is 15.6 Å². The van der Waals surface area contributed by atoms with Crippen LogP contribution in [0.2, 0.25) is 0 Å². The van der Waals surface area contributed by atoms with E-state index >= 15 is 0 Å². The van der Waals surface area contributed by atoms with Crippen molar-refractivity contribution in [1.29, 1.82) is 0 Å². The first-order valence-corrected chi connectivity index (χ1v) is 6.92. The van der Waals surface area contributed by atoms with Crippen molar-refractivity contribution in [2.24, 2.45) is 0 Å². The summed E-state index contributed by atoms with van der Waals surface area (Å²) in [6, 6.07) is 4.91. The average Bonchev–Trinajstić information content (AvgIpc) is 3.23. The number of amides is 2. The fourth-order valence-electron chi connectivity index (χ4n) is 1.73. The molecule has 2 rings (SSSR count). The van der Waals surface area contributed by atoms with Gasteiger partial charge >= 0.3 is 0 Å². The molecule has 1 saturated carbocycles. The van der Waals surface area contributed by atoms with Gasteiger partial charge in [0.15, 0.2) is 0 Å². The minimum atomic E-state index is -0.562. The zero-order valence-corrected chi connectivity index (χ0v) is 11.8. The third kappa shape index (κ3) is 3.94. The summed E-state index contributed by atoms with van der Waals surface area (Å²) in [5.74, 6) is 0.155. The van der Waals surface area contributed by atoms with Gasteiger partial charge in [0.1, 0.15) is 17.6 Å². The molecule has 1 unspecified atom stereocenters. The van der Waals surface area contributed by atoms with E-state index in [2.05, 4.69) is 20.9 Å². The minimum Gasteiger partial charge on any atom is -0.370 e. The maximum absolute atomic E-state index is 12.0. The molecule has 1 aromatic heterocycles. The van der Waals surface area contributed by atoms with E-state index in [0.29, 0.717) is 11.5 Å². The number of pyridine rings is 1. The first kappa shape index (κ1) is 14.3. The van der Waals surface area contributed by atoms with Gasteiger partial charge in [0.05, 0.1) is 0 Å². The van der Waals surface area contributed by atoms with Gasteiger partial charge in [-0.3, -0.25) is 9.59 Å². The fraction of sp³-hybridized carbons (Fsp3) is 0.500. The third-order valence-corrected chi connectivity index (χ3v) is 3.00. The van der Waals surface area contributed by atoms with Crippen LogP contribution in [0.1, 0.15) is 37.2 Å². The van der Waals surface area contributed by atoms with Crippen molar-refractivity contribution in [3.05, 3.63) is 23.9 Å². The molecule has 6 nitrogen and oxygen atoms in total. The van der Waals surface area contributed by atoms with Crippen LogP contribution < -0.4 is 16.0 Å². The molecule has 0 radical (unpaired) electrons. The fourth-order valence-corrected chi connectivity index (χ4v) is 1.73. The highest BCUT2D eigenvalue weighted by Gasteiger charge is 2.26. The summed E-state index contributed by atoms with van der Waals surface area (Å²) in [6.07, 6.45) is 2.05. The Bertz CT molecular complexity index is 500. The largest absolute Gasteiger partial charge is 0.370 e. The quantitative estimate of drug-likeness (QED) is 0.721. The van der Waals surface area contributed by atoms with Crippen molar-refractivity contribution >= 4 is 17.6 Å². The van der Waals surface area contributed by atoms with Crippen LogP contribution in [0.4, 0.5) is 5.82 Å². The summed E-state index contributed by atoms with van der Waals surface area (Å²) in [6.45, 7) is 4.36. The number of anilines is 1. The number of carbonyl (C=O) groups is 2. The van der Waals surface area contributed by atoms with E-state index in [-0.39, 0.29) is 17.9 Å². The number of hydrogen-bond donors (Lipinski definition) is 3. The zero-order chi connectivity index (χ0) is 14.5. The number of nitrogens with one attached hydrogen (secondary N) is 3. The van der Waals surface area contributed by atoms with E-state index in [1.807, 2.05) is 6.92 Å². The van der Waals surface area contributed by atoms with Crippen LogP contribution in [0.25, 0.3) is 0 Å². The molecule has 1 heterocycles. The van der Waals surface area contributed by atoms with Crippen LogP contribution in [-0.2, 0) is 4.79 Å². The Hall–Kier alpha value is -2.11. The Morgan fingerprint density at radius 1 is 1.40 bits per heavy atom. The summed E-state index contributed by atoms with van der Waals surface area (Å²) in [7, 11) is 0. The van der Waals surface area contributed by atoms with Crippen LogP contribution in [0, 0.1) is 0 Å². The van der Waals surface area contributed by atoms with Gasteiger partial charge in [-0.1, -0.05) is 6.07 Å². The Morgan fingerprint density at radius 3 is 2.80 bits per heavy atom. The summed E-state index contributed by atoms with van der Waals surface area (Å²) in [4.78, 5) is 28.0. The van der Waals surface area contributed by atoms with Gasteiger partial charge in [-0.25, -0.2) is 4.98 Å². The zero-order valence-electron chi connectivity index (χ0n) is 11.8. The number of hydrogen-bond acceptors (Lipinski definition) is 4. The lowest BCUT2D eigenvalue weighted by Crippen LogP contribution is -2.45. The third-order valence-electron chi connectivity index (χ3n) is 3.00. The molecule has 1 aliphatic carbocycles. The lowest BCUT2D eigenvalue weighted by Gasteiger charge is -2.13. The molecule has 108 valence electrons. The molecule has 6 heteroatoms. The van der Waals surface area contributed by atoms with Crippen LogP contribution >= 0.6 is 0 Å². The second-order valence-electron chi connectivity index (χ2n) is 4.92. The van der Waals surface area contributed by atoms with Crippen molar-refractivity contribution in [3.8, 4) is 0 Å². The summed E-state index contributed by atoms with van der Waals surface area (Å²) >= 11 is 0. The predicted octanol–water partition coefficient (Wildman–Crippen LogP) is 0.910. The van der Waals surface area contributed by atoms with E-state index in [9.17, 15) is 9.59 Å². The van der Waals surface area contributed by atoms with E-state index in [0.717, 1.165) is 19.4 Å². The number of aromatic nitrogens is 1. The SMILES string of the molecule is CCNc1cccc(C(=O)NC(C)C(=O)NC2CC2)n1. The van der Waals surface area contributed by atoms with Crippen LogP contribution in [0.5, 0.6) is 0 Å². The van der Waals surface area contributed by atoms with Crippen LogP contribution in [-0.4, -0.2) is 35.4 Å². The summed E-state index contributed by atoms with van der Waals surface area (Å²) in [5, 5.41) is 8.56. The summed E-state index contributed by atoms with van der Waals surface area (Å²) in [5.41, 5.74) is 0.300. The van der Waals surface area contributed by atoms with Crippen molar-refractivity contribution < 1.29 is 9.59 Å². The molecule has 0 aromatic carbocycles. The van der Waals surface area contributed by atoms with Crippen molar-refractivity contribution in [3.63, 3.8) is 0 Å². The minimum absolute atomic E-state index is 0.149. The van der Waals surface area contributed by atoms with Gasteiger partial charge in [0, 0.05) is 12.6 Å². The lowest BCUT2D eigenvalue weighted by atomic mass is 10.2. The maximum Gasteiger partial charge on any atom is 0.270 e. The highest BCUT2D eigenvalue weighted by atomic mass is 16.2. The number of rotatable bonds is 6. The molecule has 1 atom stereocenters. The second-order valence-corrected chi connectivity index (χ2v) is 4.92. The lowest BCUT2D eigenvalue weighted by molar-refractivity contribution is -0.122. The maximum atomic E-state index is 12.0. The Kier molecular flexibility index (Phi) is 4.55. The molecule has 20 heavy (non-hydrogen) atoms. The topological polar surface area (TPSA) is 83.1 Å². The molecular formula is C14H20N4O2. The van der Waals surface area contributed by atoms with Crippen LogP contribution in [0.3, 0.4) is 0 Å². The van der Waals surface area contributed by atoms with Gasteiger partial charge in [-0.05, 0) is 38.8 Å². The first-order valence-electron chi connectivity index (χ1n) is 6.92. The number of carbonyl (C=O) groups excluding carboxylic acids is 2. The summed E-state index contributed by atoms with van der Waals surface area (Å²) < 4.78 is 0. The molecule has 0 aliphatic heterocycles. The first-order chi connectivity index (χ1) is 9.60. The van der Waals surface area contributed by atoms with Gasteiger partial charge in [0.25, 0.3) is 5.91 Å². The molecule has 0 bridgehead atoms. The monoisotopic (exact) mass is 276 g/mol. The predicted molar refractivity (Wildman–Crippen MR) is 76.5 cm³/mol. The second kappa shape index (κ2) is 6.36. The molecule has 0 saturated heterocycles. The van der Waals surface area contributed by atoms with E-state index in [1.54, 1.807) is 25.1 Å². The Morgan fingerprint density at radius 2 is 2.15 bits per heavy atom. The molecule has 1 aromatic rings. The van der Waals surface area contributed by atoms with Gasteiger partial charge in [0.2, 0.25) is 5.91 Å².